The summed E-state index contributed by atoms with van der Waals surface area (Å²) in [6, 6.07) is 2.11. The standard InChI is InChI=1S/C12H13F2IN2O/c13-9-6-10(14)11(15)5-8(9)12(18)17-3-1-7(16)2-4-17/h5-7H,1-4,16H2. The summed E-state index contributed by atoms with van der Waals surface area (Å²) in [6.45, 7) is 1.04. The number of piperidine rings is 1. The van der Waals surface area contributed by atoms with Crippen molar-refractivity contribution in [2.45, 2.75) is 18.9 Å². The van der Waals surface area contributed by atoms with Gasteiger partial charge in [0, 0.05) is 28.8 Å². The van der Waals surface area contributed by atoms with Gasteiger partial charge in [-0.3, -0.25) is 4.79 Å². The molecule has 2 N–H and O–H groups in total. The largest absolute Gasteiger partial charge is 0.338 e. The average molecular weight is 366 g/mol. The summed E-state index contributed by atoms with van der Waals surface area (Å²) in [5.74, 6) is -1.85. The van der Waals surface area contributed by atoms with Gasteiger partial charge >= 0.3 is 0 Å². The SMILES string of the molecule is NC1CCN(C(=O)c2cc(I)c(F)cc2F)CC1. The monoisotopic (exact) mass is 366 g/mol. The van der Waals surface area contributed by atoms with Gasteiger partial charge in [0.2, 0.25) is 0 Å². The minimum atomic E-state index is -0.812. The van der Waals surface area contributed by atoms with Gasteiger partial charge in [-0.1, -0.05) is 0 Å². The number of amides is 1. The summed E-state index contributed by atoms with van der Waals surface area (Å²) in [7, 11) is 0. The number of halogens is 3. The predicted molar refractivity (Wildman–Crippen MR) is 72.2 cm³/mol. The van der Waals surface area contributed by atoms with Crippen molar-refractivity contribution in [3.63, 3.8) is 0 Å². The Morgan fingerprint density at radius 1 is 1.28 bits per heavy atom. The van der Waals surface area contributed by atoms with E-state index in [-0.39, 0.29) is 15.2 Å². The molecule has 0 aliphatic carbocycles. The van der Waals surface area contributed by atoms with E-state index in [1.54, 1.807) is 27.5 Å². The lowest BCUT2D eigenvalue weighted by atomic mass is 10.0. The van der Waals surface area contributed by atoms with Gasteiger partial charge in [0.15, 0.2) is 0 Å². The third-order valence-corrected chi connectivity index (χ3v) is 3.89. The van der Waals surface area contributed by atoms with Crippen molar-refractivity contribution in [2.24, 2.45) is 5.73 Å². The molecular weight excluding hydrogens is 353 g/mol. The molecule has 1 aromatic rings. The molecule has 1 amide bonds. The van der Waals surface area contributed by atoms with Crippen LogP contribution in [0.4, 0.5) is 8.78 Å². The molecule has 3 nitrogen and oxygen atoms in total. The maximum absolute atomic E-state index is 13.6. The summed E-state index contributed by atoms with van der Waals surface area (Å²) in [6.07, 6.45) is 1.43. The van der Waals surface area contributed by atoms with Crippen molar-refractivity contribution in [1.29, 1.82) is 0 Å². The van der Waals surface area contributed by atoms with Crippen LogP contribution in [0.1, 0.15) is 23.2 Å². The van der Waals surface area contributed by atoms with Crippen LogP contribution in [-0.4, -0.2) is 29.9 Å². The van der Waals surface area contributed by atoms with E-state index in [9.17, 15) is 13.6 Å². The van der Waals surface area contributed by atoms with E-state index in [0.29, 0.717) is 25.9 Å². The van der Waals surface area contributed by atoms with E-state index < -0.39 is 17.5 Å². The third-order valence-electron chi connectivity index (χ3n) is 3.07. The van der Waals surface area contributed by atoms with Gasteiger partial charge in [-0.05, 0) is 41.5 Å². The predicted octanol–water partition coefficient (Wildman–Crippen LogP) is 2.13. The van der Waals surface area contributed by atoms with E-state index >= 15 is 0 Å². The lowest BCUT2D eigenvalue weighted by Crippen LogP contribution is -2.43. The highest BCUT2D eigenvalue weighted by Gasteiger charge is 2.24. The molecule has 1 heterocycles. The fraction of sp³-hybridized carbons (Fsp3) is 0.417. The summed E-state index contributed by atoms with van der Waals surface area (Å²) in [5, 5.41) is 0. The molecule has 0 aromatic heterocycles. The van der Waals surface area contributed by atoms with Crippen molar-refractivity contribution in [2.75, 3.05) is 13.1 Å². The van der Waals surface area contributed by atoms with Crippen molar-refractivity contribution in [3.8, 4) is 0 Å². The van der Waals surface area contributed by atoms with Gasteiger partial charge in [-0.2, -0.15) is 0 Å². The maximum Gasteiger partial charge on any atom is 0.256 e. The molecule has 0 atom stereocenters. The first-order valence-electron chi connectivity index (χ1n) is 5.68. The Hall–Kier alpha value is -0.760. The molecule has 1 aliphatic heterocycles. The first-order chi connectivity index (χ1) is 8.49. The highest BCUT2D eigenvalue weighted by molar-refractivity contribution is 14.1. The Balaban J connectivity index is 2.21. The minimum absolute atomic E-state index is 0.0729. The minimum Gasteiger partial charge on any atom is -0.338 e. The number of rotatable bonds is 1. The van der Waals surface area contributed by atoms with Crippen LogP contribution in [0.5, 0.6) is 0 Å². The van der Waals surface area contributed by atoms with E-state index in [2.05, 4.69) is 0 Å². The summed E-state index contributed by atoms with van der Waals surface area (Å²) in [4.78, 5) is 13.7. The number of benzene rings is 1. The third kappa shape index (κ3) is 2.80. The highest BCUT2D eigenvalue weighted by atomic mass is 127. The zero-order valence-electron chi connectivity index (χ0n) is 9.63. The van der Waals surface area contributed by atoms with Gasteiger partial charge in [0.25, 0.3) is 5.91 Å². The van der Waals surface area contributed by atoms with Crippen LogP contribution in [0.15, 0.2) is 12.1 Å². The van der Waals surface area contributed by atoms with E-state index in [1.807, 2.05) is 0 Å². The van der Waals surface area contributed by atoms with Gasteiger partial charge < -0.3 is 10.6 Å². The van der Waals surface area contributed by atoms with Crippen LogP contribution in [-0.2, 0) is 0 Å². The Labute approximate surface area is 117 Å². The molecule has 1 aliphatic rings. The summed E-state index contributed by atoms with van der Waals surface area (Å²) in [5.41, 5.74) is 5.67. The van der Waals surface area contributed by atoms with Crippen molar-refractivity contribution in [3.05, 3.63) is 32.9 Å². The number of likely N-dealkylation sites (tertiary alicyclic amines) is 1. The second kappa shape index (κ2) is 5.48. The molecule has 1 fully saturated rings. The Kier molecular flexibility index (Phi) is 4.16. The first kappa shape index (κ1) is 13.7. The number of nitrogens with two attached hydrogens (primary N) is 1. The molecule has 0 radical (unpaired) electrons. The van der Waals surface area contributed by atoms with Crippen molar-refractivity contribution in [1.82, 2.24) is 4.90 Å². The molecular formula is C12H13F2IN2O. The zero-order valence-corrected chi connectivity index (χ0v) is 11.8. The molecule has 6 heteroatoms. The fourth-order valence-corrected chi connectivity index (χ4v) is 2.43. The molecule has 98 valence electrons. The van der Waals surface area contributed by atoms with Gasteiger partial charge in [0.1, 0.15) is 11.6 Å². The Morgan fingerprint density at radius 2 is 1.89 bits per heavy atom. The topological polar surface area (TPSA) is 46.3 Å². The number of carbonyl (C=O) groups is 1. The molecule has 0 bridgehead atoms. The van der Waals surface area contributed by atoms with Crippen LogP contribution >= 0.6 is 22.6 Å². The average Bonchev–Trinajstić information content (AvgIpc) is 2.34. The Morgan fingerprint density at radius 3 is 2.50 bits per heavy atom. The van der Waals surface area contributed by atoms with Gasteiger partial charge in [-0.25, -0.2) is 8.78 Å². The fourth-order valence-electron chi connectivity index (χ4n) is 1.96. The van der Waals surface area contributed by atoms with Crippen LogP contribution in [0.25, 0.3) is 0 Å². The number of nitrogens with zero attached hydrogens (tertiary/aromatic N) is 1. The maximum atomic E-state index is 13.6. The van der Waals surface area contributed by atoms with Crippen molar-refractivity contribution >= 4 is 28.5 Å². The lowest BCUT2D eigenvalue weighted by molar-refractivity contribution is 0.0710. The quantitative estimate of drug-likeness (QED) is 0.612. The molecule has 0 saturated carbocycles. The van der Waals surface area contributed by atoms with E-state index in [1.165, 1.54) is 6.07 Å². The molecule has 1 saturated heterocycles. The van der Waals surface area contributed by atoms with Crippen molar-refractivity contribution < 1.29 is 13.6 Å². The number of hydrogen-bond acceptors (Lipinski definition) is 2. The normalized spacial score (nSPS) is 17.0. The van der Waals surface area contributed by atoms with Crippen LogP contribution in [0.3, 0.4) is 0 Å². The molecule has 1 aromatic carbocycles. The van der Waals surface area contributed by atoms with E-state index in [0.717, 1.165) is 6.07 Å². The highest BCUT2D eigenvalue weighted by Crippen LogP contribution is 2.20. The smallest absolute Gasteiger partial charge is 0.256 e. The van der Waals surface area contributed by atoms with Crippen LogP contribution in [0, 0.1) is 15.2 Å². The summed E-state index contributed by atoms with van der Waals surface area (Å²) < 4.78 is 27.0. The van der Waals surface area contributed by atoms with Crippen LogP contribution in [0.2, 0.25) is 0 Å². The summed E-state index contributed by atoms with van der Waals surface area (Å²) >= 11 is 1.74. The number of carbonyl (C=O) groups excluding carboxylic acids is 1. The zero-order chi connectivity index (χ0) is 13.3. The first-order valence-corrected chi connectivity index (χ1v) is 6.76. The second-order valence-electron chi connectivity index (χ2n) is 4.38. The molecule has 0 unspecified atom stereocenters. The molecule has 18 heavy (non-hydrogen) atoms. The van der Waals surface area contributed by atoms with Gasteiger partial charge in [0.05, 0.1) is 5.56 Å². The van der Waals surface area contributed by atoms with E-state index in [4.69, 9.17) is 5.73 Å². The Bertz CT molecular complexity index is 473. The second-order valence-corrected chi connectivity index (χ2v) is 5.54. The number of hydrogen-bond donors (Lipinski definition) is 1. The molecule has 2 rings (SSSR count). The van der Waals surface area contributed by atoms with Gasteiger partial charge in [-0.15, -0.1) is 0 Å². The van der Waals surface area contributed by atoms with Crippen LogP contribution < -0.4 is 5.73 Å². The lowest BCUT2D eigenvalue weighted by Gasteiger charge is -2.30. The molecule has 0 spiro atoms.